The molecule has 0 bridgehead atoms. The van der Waals surface area contributed by atoms with Gasteiger partial charge < -0.3 is 29.6 Å². The van der Waals surface area contributed by atoms with Crippen LogP contribution in [0.2, 0.25) is 0 Å². The summed E-state index contributed by atoms with van der Waals surface area (Å²) in [4.78, 5) is 19.2. The molecular formula is C31H33N5O3S. The summed E-state index contributed by atoms with van der Waals surface area (Å²) in [7, 11) is 3.06. The topological polar surface area (TPSA) is 80.7 Å². The van der Waals surface area contributed by atoms with Crippen LogP contribution in [-0.2, 0) is 9.53 Å². The lowest BCUT2D eigenvalue weighted by Gasteiger charge is -2.29. The third-order valence-corrected chi connectivity index (χ3v) is 7.47. The lowest BCUT2D eigenvalue weighted by Crippen LogP contribution is -2.29. The number of carbonyl (C=O) groups is 1. The molecule has 5 rings (SSSR count). The van der Waals surface area contributed by atoms with Gasteiger partial charge >= 0.3 is 0 Å². The van der Waals surface area contributed by atoms with Crippen LogP contribution in [0.4, 0.5) is 11.4 Å². The van der Waals surface area contributed by atoms with Gasteiger partial charge in [-0.2, -0.15) is 0 Å². The molecule has 1 amide bonds. The highest BCUT2D eigenvalue weighted by molar-refractivity contribution is 7.80. The smallest absolute Gasteiger partial charge is 0.250 e. The maximum absolute atomic E-state index is 12.4. The molecule has 0 spiro atoms. The first-order valence-electron chi connectivity index (χ1n) is 13.1. The summed E-state index contributed by atoms with van der Waals surface area (Å²) in [5.41, 5.74) is 7.92. The molecule has 2 aromatic carbocycles. The number of nitrogens with one attached hydrogen (secondary N) is 2. The Bertz CT molecular complexity index is 1550. The van der Waals surface area contributed by atoms with Crippen LogP contribution in [-0.4, -0.2) is 41.4 Å². The minimum atomic E-state index is -0.273. The zero-order valence-electron chi connectivity index (χ0n) is 23.3. The molecule has 1 saturated heterocycles. The molecule has 206 valence electrons. The van der Waals surface area contributed by atoms with E-state index >= 15 is 0 Å². The van der Waals surface area contributed by atoms with Crippen molar-refractivity contribution in [1.82, 2.24) is 14.9 Å². The molecule has 3 heterocycles. The number of hydrogen-bond acceptors (Lipinski definition) is 5. The molecule has 2 unspecified atom stereocenters. The lowest BCUT2D eigenvalue weighted by atomic mass is 9.96. The van der Waals surface area contributed by atoms with Crippen molar-refractivity contribution >= 4 is 34.6 Å². The number of benzene rings is 2. The second-order valence-electron chi connectivity index (χ2n) is 9.86. The molecule has 0 aliphatic carbocycles. The number of anilines is 2. The Hall–Kier alpha value is -4.21. The maximum atomic E-state index is 12.4. The second kappa shape index (κ2) is 11.5. The molecular weight excluding hydrogens is 522 g/mol. The van der Waals surface area contributed by atoms with Gasteiger partial charge in [-0.15, -0.1) is 0 Å². The van der Waals surface area contributed by atoms with E-state index in [1.165, 1.54) is 12.7 Å². The van der Waals surface area contributed by atoms with Gasteiger partial charge in [0.15, 0.2) is 5.11 Å². The summed E-state index contributed by atoms with van der Waals surface area (Å²) in [6.07, 6.45) is 1.80. The van der Waals surface area contributed by atoms with Gasteiger partial charge in [0, 0.05) is 36.1 Å². The van der Waals surface area contributed by atoms with Crippen molar-refractivity contribution in [3.63, 3.8) is 0 Å². The number of ether oxygens (including phenoxy) is 2. The van der Waals surface area contributed by atoms with Crippen LogP contribution in [0.15, 0.2) is 72.9 Å². The standard InChI is InChI=1S/C31H33N5O3S/c1-19-9-8-10-22(15-19)35-20(2)16-24(21(35)3)30-29(25-11-6-7-14-32-25)34-31(40)36(30)23-12-13-27(39-5)26(17-23)33-28(37)18-38-4/h6-17,29-30H,18H2,1-5H3,(H,33,37)(H,34,40). The van der Waals surface area contributed by atoms with E-state index in [4.69, 9.17) is 21.7 Å². The highest BCUT2D eigenvalue weighted by Crippen LogP contribution is 2.45. The number of rotatable bonds is 8. The third-order valence-electron chi connectivity index (χ3n) is 7.16. The number of amides is 1. The van der Waals surface area contributed by atoms with E-state index in [1.807, 2.05) is 36.4 Å². The van der Waals surface area contributed by atoms with Gasteiger partial charge in [-0.05, 0) is 92.6 Å². The van der Waals surface area contributed by atoms with Gasteiger partial charge in [-0.1, -0.05) is 18.2 Å². The molecule has 1 aliphatic rings. The summed E-state index contributed by atoms with van der Waals surface area (Å²) in [5.74, 6) is 0.270. The molecule has 1 fully saturated rings. The predicted octanol–water partition coefficient (Wildman–Crippen LogP) is 5.57. The Kier molecular flexibility index (Phi) is 7.86. The Morgan fingerprint density at radius 2 is 1.85 bits per heavy atom. The Labute approximate surface area is 239 Å². The minimum absolute atomic E-state index is 0.0631. The minimum Gasteiger partial charge on any atom is -0.495 e. The summed E-state index contributed by atoms with van der Waals surface area (Å²) in [5, 5.41) is 6.99. The fourth-order valence-corrected chi connectivity index (χ4v) is 5.81. The van der Waals surface area contributed by atoms with Crippen molar-refractivity contribution < 1.29 is 14.3 Å². The van der Waals surface area contributed by atoms with Crippen molar-refractivity contribution in [1.29, 1.82) is 0 Å². The number of carbonyl (C=O) groups excluding carboxylic acids is 1. The quantitative estimate of drug-likeness (QED) is 0.275. The third kappa shape index (κ3) is 5.17. The maximum Gasteiger partial charge on any atom is 0.250 e. The molecule has 2 aromatic heterocycles. The Morgan fingerprint density at radius 1 is 1.02 bits per heavy atom. The van der Waals surface area contributed by atoms with Gasteiger partial charge in [-0.25, -0.2) is 0 Å². The Morgan fingerprint density at radius 3 is 2.55 bits per heavy atom. The summed E-state index contributed by atoms with van der Waals surface area (Å²) in [6, 6.07) is 21.9. The van der Waals surface area contributed by atoms with Gasteiger partial charge in [-0.3, -0.25) is 9.78 Å². The number of aryl methyl sites for hydroxylation is 2. The van der Waals surface area contributed by atoms with E-state index in [9.17, 15) is 4.79 Å². The van der Waals surface area contributed by atoms with E-state index in [2.05, 4.69) is 76.2 Å². The molecule has 9 heteroatoms. The first-order chi connectivity index (χ1) is 19.3. The SMILES string of the molecule is COCC(=O)Nc1cc(N2C(=S)NC(c3ccccn3)C2c2cc(C)n(-c3cccc(C)c3)c2C)ccc1OC. The van der Waals surface area contributed by atoms with Crippen LogP contribution < -0.4 is 20.3 Å². The van der Waals surface area contributed by atoms with Gasteiger partial charge in [0.05, 0.1) is 30.6 Å². The monoisotopic (exact) mass is 555 g/mol. The number of hydrogen-bond donors (Lipinski definition) is 2. The zero-order valence-corrected chi connectivity index (χ0v) is 24.1. The lowest BCUT2D eigenvalue weighted by molar-refractivity contribution is -0.119. The molecule has 4 aromatic rings. The fraction of sp³-hybridized carbons (Fsp3) is 0.258. The number of aromatic nitrogens is 2. The number of thiocarbonyl (C=S) groups is 1. The molecule has 8 nitrogen and oxygen atoms in total. The van der Waals surface area contributed by atoms with Crippen LogP contribution >= 0.6 is 12.2 Å². The van der Waals surface area contributed by atoms with Crippen molar-refractivity contribution in [2.75, 3.05) is 31.0 Å². The first kappa shape index (κ1) is 27.4. The molecule has 1 aliphatic heterocycles. The molecule has 0 radical (unpaired) electrons. The first-order valence-corrected chi connectivity index (χ1v) is 13.5. The molecule has 40 heavy (non-hydrogen) atoms. The van der Waals surface area contributed by atoms with Crippen molar-refractivity contribution in [2.24, 2.45) is 0 Å². The van der Waals surface area contributed by atoms with Gasteiger partial charge in [0.25, 0.3) is 0 Å². The number of nitrogens with zero attached hydrogens (tertiary/aromatic N) is 3. The zero-order chi connectivity index (χ0) is 28.4. The van der Waals surface area contributed by atoms with Crippen LogP contribution in [0.1, 0.15) is 40.3 Å². The van der Waals surface area contributed by atoms with Gasteiger partial charge in [0.1, 0.15) is 12.4 Å². The largest absolute Gasteiger partial charge is 0.495 e. The van der Waals surface area contributed by atoms with Crippen molar-refractivity contribution in [2.45, 2.75) is 32.9 Å². The summed E-state index contributed by atoms with van der Waals surface area (Å²) >= 11 is 5.95. The average molecular weight is 556 g/mol. The molecule has 2 N–H and O–H groups in total. The fourth-order valence-electron chi connectivity index (χ4n) is 5.46. The number of methoxy groups -OCH3 is 2. The number of pyridine rings is 1. The average Bonchev–Trinajstić information content (AvgIpc) is 3.44. The van der Waals surface area contributed by atoms with Crippen LogP contribution in [0.25, 0.3) is 5.69 Å². The highest BCUT2D eigenvalue weighted by Gasteiger charge is 2.42. The van der Waals surface area contributed by atoms with Gasteiger partial charge in [0.2, 0.25) is 5.91 Å². The van der Waals surface area contributed by atoms with E-state index in [-0.39, 0.29) is 24.6 Å². The predicted molar refractivity (Wildman–Crippen MR) is 161 cm³/mol. The van der Waals surface area contributed by atoms with E-state index in [0.29, 0.717) is 16.5 Å². The normalized spacial score (nSPS) is 16.6. The molecule has 0 saturated carbocycles. The van der Waals surface area contributed by atoms with Crippen LogP contribution in [0.3, 0.4) is 0 Å². The van der Waals surface area contributed by atoms with Crippen LogP contribution in [0, 0.1) is 20.8 Å². The second-order valence-corrected chi connectivity index (χ2v) is 10.2. The van der Waals surface area contributed by atoms with Crippen molar-refractivity contribution in [3.05, 3.63) is 101 Å². The highest BCUT2D eigenvalue weighted by atomic mass is 32.1. The molecule has 2 atom stereocenters. The van der Waals surface area contributed by atoms with E-state index < -0.39 is 0 Å². The van der Waals surface area contributed by atoms with Crippen LogP contribution in [0.5, 0.6) is 5.75 Å². The van der Waals surface area contributed by atoms with E-state index in [0.717, 1.165) is 34.0 Å². The Balaban J connectivity index is 1.65. The van der Waals surface area contributed by atoms with Crippen molar-refractivity contribution in [3.8, 4) is 11.4 Å². The summed E-state index contributed by atoms with van der Waals surface area (Å²) in [6.45, 7) is 6.30. The summed E-state index contributed by atoms with van der Waals surface area (Å²) < 4.78 is 12.8. The van der Waals surface area contributed by atoms with E-state index in [1.54, 1.807) is 13.3 Å².